The Morgan fingerprint density at radius 3 is 2.45 bits per heavy atom. The number of nitrogens with one attached hydrogen (secondary N) is 1. The summed E-state index contributed by atoms with van der Waals surface area (Å²) in [6.07, 6.45) is 0.842. The molecule has 0 radical (unpaired) electrons. The van der Waals surface area contributed by atoms with Gasteiger partial charge >= 0.3 is 0 Å². The minimum Gasteiger partial charge on any atom is -0.497 e. The van der Waals surface area contributed by atoms with E-state index in [-0.39, 0.29) is 17.9 Å². The Morgan fingerprint density at radius 1 is 1.10 bits per heavy atom. The topological polar surface area (TPSA) is 58.6 Å². The van der Waals surface area contributed by atoms with E-state index in [1.165, 1.54) is 11.1 Å². The lowest BCUT2D eigenvalue weighted by Crippen LogP contribution is -2.50. The second-order valence-electron chi connectivity index (χ2n) is 7.85. The summed E-state index contributed by atoms with van der Waals surface area (Å²) in [5, 5.41) is 3.00. The Labute approximate surface area is 190 Å². The Kier molecular flexibility index (Phi) is 9.92. The van der Waals surface area contributed by atoms with Gasteiger partial charge in [0.15, 0.2) is 0 Å². The number of rotatable bonds is 11. The molecule has 0 aliphatic heterocycles. The van der Waals surface area contributed by atoms with E-state index in [9.17, 15) is 9.59 Å². The Bertz CT molecular complexity index is 854. The monoisotopic (exact) mass is 442 g/mol. The average Bonchev–Trinajstić information content (AvgIpc) is 2.78. The maximum absolute atomic E-state index is 13.1. The predicted molar refractivity (Wildman–Crippen MR) is 128 cm³/mol. The van der Waals surface area contributed by atoms with E-state index in [4.69, 9.17) is 4.74 Å². The number of hydrogen-bond acceptors (Lipinski definition) is 4. The van der Waals surface area contributed by atoms with Crippen LogP contribution in [-0.4, -0.2) is 41.7 Å². The molecular formula is C25H34N2O3S. The van der Waals surface area contributed by atoms with Crippen molar-refractivity contribution in [3.05, 3.63) is 65.2 Å². The fourth-order valence-corrected chi connectivity index (χ4v) is 3.91. The zero-order chi connectivity index (χ0) is 22.8. The van der Waals surface area contributed by atoms with Crippen LogP contribution in [0.15, 0.2) is 48.5 Å². The van der Waals surface area contributed by atoms with E-state index in [1.807, 2.05) is 38.1 Å². The van der Waals surface area contributed by atoms with Crippen LogP contribution in [0.1, 0.15) is 43.9 Å². The molecule has 0 heterocycles. The minimum atomic E-state index is -0.562. The third kappa shape index (κ3) is 7.94. The first-order chi connectivity index (χ1) is 14.8. The summed E-state index contributed by atoms with van der Waals surface area (Å²) in [5.41, 5.74) is 3.33. The lowest BCUT2D eigenvalue weighted by Gasteiger charge is -2.29. The smallest absolute Gasteiger partial charge is 0.242 e. The summed E-state index contributed by atoms with van der Waals surface area (Å²) in [7, 11) is 1.62. The SMILES string of the molecule is CC[C@H](C)NC(=O)[C@H](C)N(Cc1cccc(OC)c1)C(=O)CSCc1ccc(C)cc1. The van der Waals surface area contributed by atoms with Crippen LogP contribution in [0.25, 0.3) is 0 Å². The molecule has 2 atom stereocenters. The molecule has 0 aromatic heterocycles. The van der Waals surface area contributed by atoms with Crippen molar-refractivity contribution in [2.75, 3.05) is 12.9 Å². The number of carbonyl (C=O) groups excluding carboxylic acids is 2. The van der Waals surface area contributed by atoms with Gasteiger partial charge < -0.3 is 15.0 Å². The third-order valence-corrected chi connectivity index (χ3v) is 6.26. The molecule has 0 spiro atoms. The fourth-order valence-electron chi connectivity index (χ4n) is 3.04. The highest BCUT2D eigenvalue weighted by atomic mass is 32.2. The quantitative estimate of drug-likeness (QED) is 0.554. The number of ether oxygens (including phenoxy) is 1. The molecule has 0 aliphatic carbocycles. The van der Waals surface area contributed by atoms with E-state index in [0.29, 0.717) is 12.3 Å². The summed E-state index contributed by atoms with van der Waals surface area (Å²) in [6.45, 7) is 8.20. The summed E-state index contributed by atoms with van der Waals surface area (Å²) in [5.74, 6) is 1.63. The van der Waals surface area contributed by atoms with Crippen LogP contribution >= 0.6 is 11.8 Å². The highest BCUT2D eigenvalue weighted by Crippen LogP contribution is 2.19. The Balaban J connectivity index is 2.09. The number of benzene rings is 2. The molecule has 0 saturated carbocycles. The molecule has 168 valence electrons. The van der Waals surface area contributed by atoms with Gasteiger partial charge in [-0.15, -0.1) is 11.8 Å². The Hall–Kier alpha value is -2.47. The van der Waals surface area contributed by atoms with Crippen LogP contribution in [-0.2, 0) is 21.9 Å². The van der Waals surface area contributed by atoms with Gasteiger partial charge in [-0.05, 0) is 50.5 Å². The van der Waals surface area contributed by atoms with Gasteiger partial charge in [0, 0.05) is 18.3 Å². The van der Waals surface area contributed by atoms with Gasteiger partial charge in [-0.25, -0.2) is 0 Å². The van der Waals surface area contributed by atoms with Crippen LogP contribution in [0.5, 0.6) is 5.75 Å². The first kappa shape index (κ1) is 24.8. The summed E-state index contributed by atoms with van der Waals surface area (Å²) in [6, 6.07) is 15.4. The molecule has 0 unspecified atom stereocenters. The first-order valence-electron chi connectivity index (χ1n) is 10.7. The molecule has 5 nitrogen and oxygen atoms in total. The second-order valence-corrected chi connectivity index (χ2v) is 8.83. The number of amides is 2. The summed E-state index contributed by atoms with van der Waals surface area (Å²) in [4.78, 5) is 27.6. The van der Waals surface area contributed by atoms with Crippen molar-refractivity contribution in [1.29, 1.82) is 0 Å². The normalized spacial score (nSPS) is 12.7. The average molecular weight is 443 g/mol. The van der Waals surface area contributed by atoms with Gasteiger partial charge in [-0.3, -0.25) is 9.59 Å². The van der Waals surface area contributed by atoms with Gasteiger partial charge in [0.1, 0.15) is 11.8 Å². The van der Waals surface area contributed by atoms with Crippen molar-refractivity contribution in [3.63, 3.8) is 0 Å². The number of carbonyl (C=O) groups is 2. The number of thioether (sulfide) groups is 1. The van der Waals surface area contributed by atoms with Gasteiger partial charge in [0.25, 0.3) is 0 Å². The molecule has 1 N–H and O–H groups in total. The predicted octanol–water partition coefficient (Wildman–Crippen LogP) is 4.57. The third-order valence-electron chi connectivity index (χ3n) is 5.27. The van der Waals surface area contributed by atoms with E-state index in [0.717, 1.165) is 23.5 Å². The van der Waals surface area contributed by atoms with Crippen molar-refractivity contribution < 1.29 is 14.3 Å². The van der Waals surface area contributed by atoms with Crippen molar-refractivity contribution in [2.45, 2.75) is 58.5 Å². The highest BCUT2D eigenvalue weighted by Gasteiger charge is 2.26. The van der Waals surface area contributed by atoms with Gasteiger partial charge in [0.05, 0.1) is 12.9 Å². The van der Waals surface area contributed by atoms with Crippen LogP contribution in [0.3, 0.4) is 0 Å². The molecule has 2 rings (SSSR count). The number of methoxy groups -OCH3 is 1. The van der Waals surface area contributed by atoms with E-state index in [1.54, 1.807) is 30.7 Å². The second kappa shape index (κ2) is 12.4. The van der Waals surface area contributed by atoms with E-state index >= 15 is 0 Å². The van der Waals surface area contributed by atoms with Gasteiger partial charge in [-0.1, -0.05) is 48.9 Å². The largest absolute Gasteiger partial charge is 0.497 e. The van der Waals surface area contributed by atoms with Crippen LogP contribution in [0.2, 0.25) is 0 Å². The Morgan fingerprint density at radius 2 is 1.81 bits per heavy atom. The number of aryl methyl sites for hydroxylation is 1. The number of hydrogen-bond donors (Lipinski definition) is 1. The molecule has 2 aromatic carbocycles. The lowest BCUT2D eigenvalue weighted by molar-refractivity contribution is -0.138. The van der Waals surface area contributed by atoms with Crippen molar-refractivity contribution in [2.24, 2.45) is 0 Å². The van der Waals surface area contributed by atoms with Crippen molar-refractivity contribution in [1.82, 2.24) is 10.2 Å². The molecule has 2 amide bonds. The van der Waals surface area contributed by atoms with E-state index < -0.39 is 6.04 Å². The molecular weight excluding hydrogens is 408 g/mol. The maximum Gasteiger partial charge on any atom is 0.242 e. The fraction of sp³-hybridized carbons (Fsp3) is 0.440. The molecule has 0 fully saturated rings. The summed E-state index contributed by atoms with van der Waals surface area (Å²) < 4.78 is 5.31. The molecule has 0 aliphatic rings. The maximum atomic E-state index is 13.1. The molecule has 31 heavy (non-hydrogen) atoms. The highest BCUT2D eigenvalue weighted by molar-refractivity contribution is 7.99. The van der Waals surface area contributed by atoms with Crippen molar-refractivity contribution >= 4 is 23.6 Å². The van der Waals surface area contributed by atoms with Gasteiger partial charge in [0.2, 0.25) is 11.8 Å². The molecule has 2 aromatic rings. The zero-order valence-electron chi connectivity index (χ0n) is 19.2. The van der Waals surface area contributed by atoms with Crippen LogP contribution in [0.4, 0.5) is 0 Å². The molecule has 6 heteroatoms. The standard InChI is InChI=1S/C25H34N2O3S/c1-6-19(3)26-25(29)20(4)27(15-22-8-7-9-23(14-22)30-5)24(28)17-31-16-21-12-10-18(2)11-13-21/h7-14,19-20H,6,15-17H2,1-5H3,(H,26,29)/t19-,20-/m0/s1. The zero-order valence-corrected chi connectivity index (χ0v) is 20.0. The number of nitrogens with zero attached hydrogens (tertiary/aromatic N) is 1. The van der Waals surface area contributed by atoms with E-state index in [2.05, 4.69) is 36.5 Å². The lowest BCUT2D eigenvalue weighted by atomic mass is 10.1. The molecule has 0 saturated heterocycles. The van der Waals surface area contributed by atoms with Crippen molar-refractivity contribution in [3.8, 4) is 5.75 Å². The minimum absolute atomic E-state index is 0.0493. The van der Waals surface area contributed by atoms with Crippen LogP contribution in [0, 0.1) is 6.92 Å². The summed E-state index contributed by atoms with van der Waals surface area (Å²) >= 11 is 1.57. The first-order valence-corrected chi connectivity index (χ1v) is 11.9. The molecule has 0 bridgehead atoms. The van der Waals surface area contributed by atoms with Crippen LogP contribution < -0.4 is 10.1 Å². The van der Waals surface area contributed by atoms with Gasteiger partial charge in [-0.2, -0.15) is 0 Å².